The molecule has 0 bridgehead atoms. The highest BCUT2D eigenvalue weighted by atomic mass is 32.2. The van der Waals surface area contributed by atoms with Crippen LogP contribution >= 0.6 is 0 Å². The topological polar surface area (TPSA) is 312 Å². The average molecular weight is 1140 g/mol. The van der Waals surface area contributed by atoms with Crippen LogP contribution < -0.4 is 53.2 Å². The fourth-order valence-electron chi connectivity index (χ4n) is 13.9. The van der Waals surface area contributed by atoms with Gasteiger partial charge >= 0.3 is 0 Å². The molecule has 80 heavy (non-hydrogen) atoms. The molecule has 10 N–H and O–H groups in total. The summed E-state index contributed by atoms with van der Waals surface area (Å²) >= 11 is 0. The van der Waals surface area contributed by atoms with Crippen molar-refractivity contribution in [1.82, 2.24) is 51.2 Å². The molecule has 8 rings (SSSR count). The Kier molecular flexibility index (Phi) is 16.3. The van der Waals surface area contributed by atoms with Gasteiger partial charge in [0, 0.05) is 79.9 Å². The predicted octanol–water partition coefficient (Wildman–Crippen LogP) is 8.41. The minimum atomic E-state index is -5.14. The SMILES string of the molecule is CC1(C)CC(Nc2nc(Nc3ccc(/C=C/c4ccc(Nc5nc(NC6CC(C)(C)NC(C)(C)C6)nc(NC6CC(C)(C)NC(C)(C)C6)n5)cc4S(=O)(=O)[O-])c(S(=O)(=O)[O-])c3)nc(NC3CC(C)(C)NC(C)(C)C3)n2)CC(C)(C)N1. The molecule has 2 aromatic heterocycles. The summed E-state index contributed by atoms with van der Waals surface area (Å²) in [6.07, 6.45) is 8.87. The molecule has 4 aliphatic rings. The van der Waals surface area contributed by atoms with E-state index in [0.29, 0.717) is 23.8 Å². The van der Waals surface area contributed by atoms with Crippen molar-refractivity contribution in [3.05, 3.63) is 47.5 Å². The van der Waals surface area contributed by atoms with E-state index in [0.717, 1.165) is 51.4 Å². The van der Waals surface area contributed by atoms with Crippen molar-refractivity contribution in [2.75, 3.05) is 31.9 Å². The zero-order valence-electron chi connectivity index (χ0n) is 49.5. The molecular weight excluding hydrogens is 1060 g/mol. The van der Waals surface area contributed by atoms with E-state index in [2.05, 4.69) is 164 Å². The van der Waals surface area contributed by atoms with Crippen molar-refractivity contribution in [1.29, 1.82) is 0 Å². The van der Waals surface area contributed by atoms with Gasteiger partial charge in [0.25, 0.3) is 0 Å². The Bertz CT molecular complexity index is 2820. The molecule has 4 fully saturated rings. The second-order valence-electron chi connectivity index (χ2n) is 28.2. The molecule has 440 valence electrons. The highest BCUT2D eigenvalue weighted by molar-refractivity contribution is 7.86. The first-order valence-electron chi connectivity index (χ1n) is 27.7. The van der Waals surface area contributed by atoms with Crippen molar-refractivity contribution in [3.63, 3.8) is 0 Å². The van der Waals surface area contributed by atoms with Crippen LogP contribution in [0.15, 0.2) is 46.2 Å². The van der Waals surface area contributed by atoms with Gasteiger partial charge in [-0.05, 0) is 198 Å². The van der Waals surface area contributed by atoms with E-state index in [9.17, 15) is 25.9 Å². The number of piperidine rings is 4. The largest absolute Gasteiger partial charge is 0.744 e. The lowest BCUT2D eigenvalue weighted by Crippen LogP contribution is -2.60. The normalized spacial score (nSPS) is 22.8. The quantitative estimate of drug-likeness (QED) is 0.0372. The molecule has 0 saturated carbocycles. The first kappa shape index (κ1) is 60.7. The molecule has 0 amide bonds. The first-order valence-corrected chi connectivity index (χ1v) is 30.5. The summed E-state index contributed by atoms with van der Waals surface area (Å²) in [5, 5.41) is 35.2. The lowest BCUT2D eigenvalue weighted by molar-refractivity contribution is 0.169. The minimum Gasteiger partial charge on any atom is -0.744 e. The second kappa shape index (κ2) is 21.4. The third-order valence-electron chi connectivity index (χ3n) is 14.9. The molecule has 0 spiro atoms. The zero-order chi connectivity index (χ0) is 58.9. The maximum atomic E-state index is 13.0. The average Bonchev–Trinajstić information content (AvgIpc) is 3.21. The van der Waals surface area contributed by atoms with E-state index in [-0.39, 0.29) is 103 Å². The Morgan fingerprint density at radius 2 is 0.600 bits per heavy atom. The van der Waals surface area contributed by atoms with Crippen LogP contribution in [0.5, 0.6) is 0 Å². The molecule has 24 heteroatoms. The van der Waals surface area contributed by atoms with Crippen LogP contribution in [0.4, 0.5) is 47.1 Å². The molecule has 0 unspecified atom stereocenters. The summed E-state index contributed by atoms with van der Waals surface area (Å²) in [5.41, 5.74) is -1.10. The Morgan fingerprint density at radius 1 is 0.388 bits per heavy atom. The fourth-order valence-corrected chi connectivity index (χ4v) is 15.3. The van der Waals surface area contributed by atoms with Crippen LogP contribution in [-0.2, 0) is 20.2 Å². The van der Waals surface area contributed by atoms with Crippen LogP contribution in [0, 0.1) is 0 Å². The number of anilines is 8. The number of nitrogens with one attached hydrogen (secondary N) is 10. The number of hydrogen-bond donors (Lipinski definition) is 10. The maximum absolute atomic E-state index is 13.0. The summed E-state index contributed by atoms with van der Waals surface area (Å²) in [6.45, 7) is 34.5. The molecule has 0 aliphatic carbocycles. The van der Waals surface area contributed by atoms with Crippen LogP contribution in [0.1, 0.15) is 173 Å². The van der Waals surface area contributed by atoms with Crippen molar-refractivity contribution >= 4 is 79.5 Å². The highest BCUT2D eigenvalue weighted by Gasteiger charge is 2.42. The van der Waals surface area contributed by atoms with Gasteiger partial charge in [0.2, 0.25) is 35.7 Å². The summed E-state index contributed by atoms with van der Waals surface area (Å²) in [4.78, 5) is 27.3. The molecule has 4 aliphatic heterocycles. The van der Waals surface area contributed by atoms with E-state index in [4.69, 9.17) is 29.9 Å². The smallest absolute Gasteiger partial charge is 0.233 e. The summed E-state index contributed by atoms with van der Waals surface area (Å²) in [5.74, 6) is 1.46. The molecular formula is C56H86N16O6S2-2. The number of benzene rings is 2. The van der Waals surface area contributed by atoms with E-state index in [1.165, 1.54) is 36.4 Å². The van der Waals surface area contributed by atoms with E-state index in [1.54, 1.807) is 12.1 Å². The second-order valence-corrected chi connectivity index (χ2v) is 30.9. The van der Waals surface area contributed by atoms with Crippen molar-refractivity contribution in [3.8, 4) is 0 Å². The molecule has 6 heterocycles. The Morgan fingerprint density at radius 3 is 0.812 bits per heavy atom. The van der Waals surface area contributed by atoms with Crippen molar-refractivity contribution in [2.45, 2.75) is 240 Å². The highest BCUT2D eigenvalue weighted by Crippen LogP contribution is 2.36. The van der Waals surface area contributed by atoms with E-state index < -0.39 is 30.0 Å². The van der Waals surface area contributed by atoms with Gasteiger partial charge in [-0.3, -0.25) is 0 Å². The van der Waals surface area contributed by atoms with Crippen LogP contribution in [0.3, 0.4) is 0 Å². The minimum absolute atomic E-state index is 0.00601. The van der Waals surface area contributed by atoms with Gasteiger partial charge in [-0.1, -0.05) is 24.3 Å². The summed E-state index contributed by atoms with van der Waals surface area (Å²) < 4.78 is 77.9. The Hall–Kier alpha value is -5.34. The number of rotatable bonds is 16. The summed E-state index contributed by atoms with van der Waals surface area (Å²) in [6, 6.07) is 8.26. The summed E-state index contributed by atoms with van der Waals surface area (Å²) in [7, 11) is -10.3. The van der Waals surface area contributed by atoms with E-state index >= 15 is 0 Å². The zero-order valence-corrected chi connectivity index (χ0v) is 51.2. The number of aromatic nitrogens is 6. The maximum Gasteiger partial charge on any atom is 0.233 e. The fraction of sp³-hybridized carbons (Fsp3) is 0.643. The molecule has 22 nitrogen and oxygen atoms in total. The molecule has 2 aromatic carbocycles. The van der Waals surface area contributed by atoms with Crippen LogP contribution in [-0.4, -0.2) is 124 Å². The van der Waals surface area contributed by atoms with Gasteiger partial charge in [0.15, 0.2) is 0 Å². The molecule has 4 aromatic rings. The van der Waals surface area contributed by atoms with Crippen molar-refractivity contribution < 1.29 is 25.9 Å². The predicted molar refractivity (Wildman–Crippen MR) is 316 cm³/mol. The lowest BCUT2D eigenvalue weighted by atomic mass is 9.79. The van der Waals surface area contributed by atoms with Gasteiger partial charge < -0.3 is 62.3 Å². The first-order chi connectivity index (χ1) is 36.5. The number of nitrogens with zero attached hydrogens (tertiary/aromatic N) is 6. The standard InChI is InChI=1S/C56H88N16O6S2/c1-49(2)25-37(26-50(3,4)69-49)59-45-63-43(64-46(67-45)60-38-27-51(5,6)70-52(7,8)28-38)57-35-21-19-33(41(23-35)79(73,74)75)17-18-34-20-22-36(24-42(34)80(76,77)78)58-44-65-47(61-39-29-53(9,10)71-54(11,12)30-39)68-48(66-44)62-40-31-55(13,14)72-56(15,16)32-40/h17-24,37-40,69-72H,25-32H2,1-16H3,(H,73,74,75)(H,76,77,78)(H3,57,59,60,63,64,67)(H3,58,61,62,65,66,68)/p-2/b18-17+. The van der Waals surface area contributed by atoms with Crippen molar-refractivity contribution in [2.24, 2.45) is 0 Å². The Labute approximate surface area is 474 Å². The van der Waals surface area contributed by atoms with Crippen LogP contribution in [0.2, 0.25) is 0 Å². The van der Waals surface area contributed by atoms with Gasteiger partial charge in [-0.2, -0.15) is 29.9 Å². The van der Waals surface area contributed by atoms with Crippen LogP contribution in [0.25, 0.3) is 12.2 Å². The third-order valence-corrected chi connectivity index (χ3v) is 16.7. The van der Waals surface area contributed by atoms with Gasteiger partial charge in [-0.15, -0.1) is 0 Å². The third kappa shape index (κ3) is 16.7. The Balaban J connectivity index is 1.07. The monoisotopic (exact) mass is 1140 g/mol. The van der Waals surface area contributed by atoms with Gasteiger partial charge in [-0.25, -0.2) is 16.8 Å². The molecule has 4 saturated heterocycles. The van der Waals surface area contributed by atoms with Gasteiger partial charge in [0.1, 0.15) is 20.2 Å². The molecule has 0 radical (unpaired) electrons. The lowest BCUT2D eigenvalue weighted by Gasteiger charge is -2.47. The van der Waals surface area contributed by atoms with Gasteiger partial charge in [0.05, 0.1) is 9.79 Å². The van der Waals surface area contributed by atoms with E-state index in [1.807, 2.05) is 0 Å². The molecule has 0 atom stereocenters. The number of hydrogen-bond acceptors (Lipinski definition) is 22.